The standard InChI is InChI=1S/C10H11IO2/c1-7(5-12)10-4-9(11)3-2-8(10)6-13/h2-5,7,13H,6H2,1H3. The highest BCUT2D eigenvalue weighted by Crippen LogP contribution is 2.21. The lowest BCUT2D eigenvalue weighted by molar-refractivity contribution is -0.108. The fourth-order valence-electron chi connectivity index (χ4n) is 1.21. The van der Waals surface area contributed by atoms with Crippen molar-refractivity contribution in [3.63, 3.8) is 0 Å². The maximum absolute atomic E-state index is 10.6. The van der Waals surface area contributed by atoms with E-state index in [1.807, 2.05) is 25.1 Å². The van der Waals surface area contributed by atoms with E-state index in [1.54, 1.807) is 0 Å². The van der Waals surface area contributed by atoms with Gasteiger partial charge in [0.15, 0.2) is 0 Å². The summed E-state index contributed by atoms with van der Waals surface area (Å²) in [6, 6.07) is 5.72. The van der Waals surface area contributed by atoms with E-state index >= 15 is 0 Å². The molecule has 70 valence electrons. The van der Waals surface area contributed by atoms with Gasteiger partial charge in [-0.1, -0.05) is 13.0 Å². The summed E-state index contributed by atoms with van der Waals surface area (Å²) in [6.07, 6.45) is 0.893. The summed E-state index contributed by atoms with van der Waals surface area (Å²) in [5, 5.41) is 9.04. The highest BCUT2D eigenvalue weighted by Gasteiger charge is 2.09. The fraction of sp³-hybridized carbons (Fsp3) is 0.300. The average molecular weight is 290 g/mol. The van der Waals surface area contributed by atoms with E-state index in [1.165, 1.54) is 0 Å². The molecule has 0 bridgehead atoms. The molecule has 0 aromatic heterocycles. The summed E-state index contributed by atoms with van der Waals surface area (Å²) >= 11 is 2.19. The van der Waals surface area contributed by atoms with Gasteiger partial charge >= 0.3 is 0 Å². The Labute approximate surface area is 91.1 Å². The van der Waals surface area contributed by atoms with Crippen molar-refractivity contribution in [2.24, 2.45) is 0 Å². The SMILES string of the molecule is CC(C=O)c1cc(I)ccc1CO. The van der Waals surface area contributed by atoms with E-state index in [2.05, 4.69) is 22.6 Å². The zero-order valence-electron chi connectivity index (χ0n) is 7.33. The predicted octanol–water partition coefficient (Wildman–Crippen LogP) is 2.09. The van der Waals surface area contributed by atoms with Gasteiger partial charge in [0.05, 0.1) is 6.61 Å². The molecule has 0 saturated heterocycles. The van der Waals surface area contributed by atoms with Gasteiger partial charge in [-0.15, -0.1) is 0 Å². The van der Waals surface area contributed by atoms with Crippen molar-refractivity contribution < 1.29 is 9.90 Å². The van der Waals surface area contributed by atoms with Crippen LogP contribution in [0.5, 0.6) is 0 Å². The van der Waals surface area contributed by atoms with Crippen molar-refractivity contribution in [2.45, 2.75) is 19.4 Å². The molecule has 1 atom stereocenters. The lowest BCUT2D eigenvalue weighted by atomic mass is 9.97. The molecule has 0 heterocycles. The van der Waals surface area contributed by atoms with E-state index in [-0.39, 0.29) is 12.5 Å². The number of aliphatic hydroxyl groups excluding tert-OH is 1. The van der Waals surface area contributed by atoms with Gasteiger partial charge in [0.2, 0.25) is 0 Å². The van der Waals surface area contributed by atoms with Crippen LogP contribution in [0, 0.1) is 3.57 Å². The van der Waals surface area contributed by atoms with Gasteiger partial charge < -0.3 is 9.90 Å². The zero-order valence-corrected chi connectivity index (χ0v) is 9.48. The number of carbonyl (C=O) groups excluding carboxylic acids is 1. The largest absolute Gasteiger partial charge is 0.392 e. The number of rotatable bonds is 3. The second kappa shape index (κ2) is 4.72. The van der Waals surface area contributed by atoms with Gasteiger partial charge in [0.25, 0.3) is 0 Å². The van der Waals surface area contributed by atoms with Gasteiger partial charge in [-0.05, 0) is 45.9 Å². The molecule has 1 aromatic carbocycles. The quantitative estimate of drug-likeness (QED) is 0.683. The van der Waals surface area contributed by atoms with E-state index in [0.717, 1.165) is 21.0 Å². The minimum absolute atomic E-state index is 0.00949. The van der Waals surface area contributed by atoms with Gasteiger partial charge in [0.1, 0.15) is 6.29 Å². The van der Waals surface area contributed by atoms with E-state index in [4.69, 9.17) is 5.11 Å². The molecule has 0 spiro atoms. The van der Waals surface area contributed by atoms with Gasteiger partial charge in [0, 0.05) is 9.49 Å². The van der Waals surface area contributed by atoms with Crippen molar-refractivity contribution in [2.75, 3.05) is 0 Å². The molecule has 13 heavy (non-hydrogen) atoms. The van der Waals surface area contributed by atoms with E-state index < -0.39 is 0 Å². The molecule has 0 aliphatic heterocycles. The molecule has 0 saturated carbocycles. The molecular formula is C10H11IO2. The van der Waals surface area contributed by atoms with Gasteiger partial charge in [-0.25, -0.2) is 0 Å². The number of aliphatic hydroxyl groups is 1. The van der Waals surface area contributed by atoms with Gasteiger partial charge in [-0.2, -0.15) is 0 Å². The molecule has 1 N–H and O–H groups in total. The molecule has 2 nitrogen and oxygen atoms in total. The number of halogens is 1. The lowest BCUT2D eigenvalue weighted by Gasteiger charge is -2.09. The topological polar surface area (TPSA) is 37.3 Å². The van der Waals surface area contributed by atoms with E-state index in [0.29, 0.717) is 0 Å². The van der Waals surface area contributed by atoms with Gasteiger partial charge in [-0.3, -0.25) is 0 Å². The van der Waals surface area contributed by atoms with Crippen LogP contribution in [0.2, 0.25) is 0 Å². The molecular weight excluding hydrogens is 279 g/mol. The third-order valence-electron chi connectivity index (χ3n) is 1.97. The average Bonchev–Trinajstić information content (AvgIpc) is 2.16. The van der Waals surface area contributed by atoms with Crippen molar-refractivity contribution in [1.29, 1.82) is 0 Å². The summed E-state index contributed by atoms with van der Waals surface area (Å²) in [4.78, 5) is 10.6. The summed E-state index contributed by atoms with van der Waals surface area (Å²) in [5.41, 5.74) is 1.75. The molecule has 1 rings (SSSR count). The first-order chi connectivity index (χ1) is 6.19. The van der Waals surface area contributed by atoms with E-state index in [9.17, 15) is 4.79 Å². The van der Waals surface area contributed by atoms with Crippen LogP contribution in [0.3, 0.4) is 0 Å². The Balaban J connectivity index is 3.14. The zero-order chi connectivity index (χ0) is 9.84. The first-order valence-corrected chi connectivity index (χ1v) is 5.11. The predicted molar refractivity (Wildman–Crippen MR) is 59.6 cm³/mol. The third kappa shape index (κ3) is 2.51. The van der Waals surface area contributed by atoms with Crippen LogP contribution < -0.4 is 0 Å². The summed E-state index contributed by atoms with van der Waals surface area (Å²) in [6.45, 7) is 1.82. The summed E-state index contributed by atoms with van der Waals surface area (Å²) in [5.74, 6) is -0.142. The van der Waals surface area contributed by atoms with Crippen LogP contribution in [-0.2, 0) is 11.4 Å². The number of hydrogen-bond donors (Lipinski definition) is 1. The van der Waals surface area contributed by atoms with Crippen molar-refractivity contribution in [3.05, 3.63) is 32.9 Å². The highest BCUT2D eigenvalue weighted by molar-refractivity contribution is 14.1. The second-order valence-electron chi connectivity index (χ2n) is 2.93. The van der Waals surface area contributed by atoms with Crippen LogP contribution >= 0.6 is 22.6 Å². The monoisotopic (exact) mass is 290 g/mol. The van der Waals surface area contributed by atoms with Crippen LogP contribution in [0.4, 0.5) is 0 Å². The molecule has 0 radical (unpaired) electrons. The molecule has 0 aliphatic rings. The second-order valence-corrected chi connectivity index (χ2v) is 4.17. The van der Waals surface area contributed by atoms with Crippen molar-refractivity contribution in [3.8, 4) is 0 Å². The summed E-state index contributed by atoms with van der Waals surface area (Å²) < 4.78 is 1.08. The Morgan fingerprint density at radius 1 is 1.62 bits per heavy atom. The normalized spacial score (nSPS) is 12.5. The maximum atomic E-state index is 10.6. The molecule has 1 unspecified atom stereocenters. The van der Waals surface area contributed by atoms with Crippen molar-refractivity contribution >= 4 is 28.9 Å². The van der Waals surface area contributed by atoms with Crippen LogP contribution in [0.1, 0.15) is 24.0 Å². The first kappa shape index (κ1) is 10.7. The molecule has 0 fully saturated rings. The first-order valence-electron chi connectivity index (χ1n) is 4.03. The maximum Gasteiger partial charge on any atom is 0.127 e. The van der Waals surface area contributed by atoms with Crippen LogP contribution in [-0.4, -0.2) is 11.4 Å². The Hall–Kier alpha value is -0.420. The molecule has 1 aromatic rings. The highest BCUT2D eigenvalue weighted by atomic mass is 127. The minimum Gasteiger partial charge on any atom is -0.392 e. The third-order valence-corrected chi connectivity index (χ3v) is 2.64. The number of carbonyl (C=O) groups is 1. The molecule has 3 heteroatoms. The Morgan fingerprint density at radius 2 is 2.31 bits per heavy atom. The minimum atomic E-state index is -0.142. The number of aldehydes is 1. The molecule has 0 amide bonds. The number of hydrogen-bond acceptors (Lipinski definition) is 2. The Bertz CT molecular complexity index is 310. The molecule has 0 aliphatic carbocycles. The summed E-state index contributed by atoms with van der Waals surface area (Å²) in [7, 11) is 0. The Kier molecular flexibility index (Phi) is 3.87. The fourth-order valence-corrected chi connectivity index (χ4v) is 1.72. The van der Waals surface area contributed by atoms with Crippen molar-refractivity contribution in [1.82, 2.24) is 0 Å². The Morgan fingerprint density at radius 3 is 2.85 bits per heavy atom. The smallest absolute Gasteiger partial charge is 0.127 e. The lowest BCUT2D eigenvalue weighted by Crippen LogP contribution is -2.00. The van der Waals surface area contributed by atoms with Crippen LogP contribution in [0.25, 0.3) is 0 Å². The van der Waals surface area contributed by atoms with Crippen LogP contribution in [0.15, 0.2) is 18.2 Å². The number of benzene rings is 1.